The average Bonchev–Trinajstić information content (AvgIpc) is 2.15. The van der Waals surface area contributed by atoms with Crippen molar-refractivity contribution < 1.29 is 9.90 Å². The van der Waals surface area contributed by atoms with Crippen LogP contribution in [0.5, 0.6) is 0 Å². The number of hydrogen-bond donors (Lipinski definition) is 2. The minimum Gasteiger partial charge on any atom is -0.389 e. The molecule has 1 aliphatic rings. The van der Waals surface area contributed by atoms with Crippen LogP contribution in [0.4, 0.5) is 0 Å². The normalized spacial score (nSPS) is 20.1. The van der Waals surface area contributed by atoms with Gasteiger partial charge in [-0.2, -0.15) is 0 Å². The van der Waals surface area contributed by atoms with E-state index in [1.807, 2.05) is 0 Å². The number of amides is 1. The van der Waals surface area contributed by atoms with Gasteiger partial charge in [0.05, 0.1) is 5.60 Å². The molecular formula is C13H26N2O2. The Balaban J connectivity index is 2.47. The minimum atomic E-state index is -0.848. The van der Waals surface area contributed by atoms with Gasteiger partial charge in [-0.3, -0.25) is 4.79 Å². The van der Waals surface area contributed by atoms with Crippen molar-refractivity contribution in [1.29, 1.82) is 0 Å². The number of nitrogens with two attached hydrogens (primary N) is 1. The first-order chi connectivity index (χ1) is 7.72. The fourth-order valence-corrected chi connectivity index (χ4v) is 2.54. The smallest absolute Gasteiger partial charge is 0.224 e. The van der Waals surface area contributed by atoms with Gasteiger partial charge in [-0.05, 0) is 26.7 Å². The molecule has 1 aliphatic carbocycles. The lowest BCUT2D eigenvalue weighted by Gasteiger charge is -2.35. The van der Waals surface area contributed by atoms with Crippen LogP contribution in [0.15, 0.2) is 0 Å². The number of aliphatic hydroxyl groups is 1. The van der Waals surface area contributed by atoms with Crippen LogP contribution in [0.2, 0.25) is 0 Å². The highest BCUT2D eigenvalue weighted by molar-refractivity contribution is 5.77. The fourth-order valence-electron chi connectivity index (χ4n) is 2.54. The van der Waals surface area contributed by atoms with E-state index < -0.39 is 5.60 Å². The lowest BCUT2D eigenvalue weighted by molar-refractivity contribution is -0.134. The monoisotopic (exact) mass is 242 g/mol. The van der Waals surface area contributed by atoms with E-state index in [0.717, 1.165) is 25.7 Å². The Morgan fingerprint density at radius 3 is 2.35 bits per heavy atom. The maximum atomic E-state index is 12.0. The third kappa shape index (κ3) is 5.04. The lowest BCUT2D eigenvalue weighted by Crippen LogP contribution is -2.48. The van der Waals surface area contributed by atoms with Gasteiger partial charge in [0.1, 0.15) is 0 Å². The quantitative estimate of drug-likeness (QED) is 0.780. The molecule has 1 rings (SSSR count). The van der Waals surface area contributed by atoms with Crippen molar-refractivity contribution in [2.75, 3.05) is 13.6 Å². The molecule has 4 heteroatoms. The lowest BCUT2D eigenvalue weighted by atomic mass is 9.80. The number of likely N-dealkylation sites (N-methyl/N-ethyl adjacent to an activating group) is 1. The first-order valence-electron chi connectivity index (χ1n) is 6.47. The van der Waals surface area contributed by atoms with Crippen molar-refractivity contribution in [2.24, 2.45) is 5.73 Å². The topological polar surface area (TPSA) is 66.6 Å². The largest absolute Gasteiger partial charge is 0.389 e. The molecule has 0 unspecified atom stereocenters. The molecule has 4 nitrogen and oxygen atoms in total. The minimum absolute atomic E-state index is 0.0384. The second kappa shape index (κ2) is 5.36. The zero-order valence-corrected chi connectivity index (χ0v) is 11.3. The van der Waals surface area contributed by atoms with E-state index in [-0.39, 0.29) is 11.4 Å². The zero-order chi connectivity index (χ0) is 13.1. The number of nitrogens with zero attached hydrogens (tertiary/aromatic N) is 1. The molecule has 0 aromatic heterocycles. The van der Waals surface area contributed by atoms with Gasteiger partial charge in [-0.15, -0.1) is 0 Å². The molecule has 0 radical (unpaired) electrons. The molecule has 0 bridgehead atoms. The molecule has 1 saturated carbocycles. The highest BCUT2D eigenvalue weighted by Gasteiger charge is 2.31. The zero-order valence-electron chi connectivity index (χ0n) is 11.3. The molecule has 0 aromatic rings. The predicted molar refractivity (Wildman–Crippen MR) is 68.6 cm³/mol. The molecule has 1 fully saturated rings. The van der Waals surface area contributed by atoms with Crippen LogP contribution in [0.1, 0.15) is 52.4 Å². The first kappa shape index (κ1) is 14.5. The third-order valence-corrected chi connectivity index (χ3v) is 3.40. The summed E-state index contributed by atoms with van der Waals surface area (Å²) in [5.41, 5.74) is 5.09. The van der Waals surface area contributed by atoms with Gasteiger partial charge in [-0.25, -0.2) is 0 Å². The van der Waals surface area contributed by atoms with Crippen molar-refractivity contribution in [3.05, 3.63) is 0 Å². The molecule has 0 aromatic carbocycles. The van der Waals surface area contributed by atoms with Gasteiger partial charge in [0.15, 0.2) is 0 Å². The molecule has 1 amide bonds. The van der Waals surface area contributed by atoms with Gasteiger partial charge >= 0.3 is 0 Å². The Labute approximate surface area is 104 Å². The average molecular weight is 242 g/mol. The van der Waals surface area contributed by atoms with Crippen LogP contribution < -0.4 is 5.73 Å². The van der Waals surface area contributed by atoms with Gasteiger partial charge in [-0.1, -0.05) is 19.3 Å². The summed E-state index contributed by atoms with van der Waals surface area (Å²) in [5, 5.41) is 9.68. The maximum Gasteiger partial charge on any atom is 0.224 e. The second-order valence-electron chi connectivity index (χ2n) is 6.16. The van der Waals surface area contributed by atoms with Crippen LogP contribution in [0.25, 0.3) is 0 Å². The molecular weight excluding hydrogens is 216 g/mol. The third-order valence-electron chi connectivity index (χ3n) is 3.40. The fraction of sp³-hybridized carbons (Fsp3) is 0.923. The van der Waals surface area contributed by atoms with Crippen LogP contribution in [-0.2, 0) is 4.79 Å². The van der Waals surface area contributed by atoms with Crippen molar-refractivity contribution in [1.82, 2.24) is 4.90 Å². The van der Waals surface area contributed by atoms with E-state index in [9.17, 15) is 9.90 Å². The SMILES string of the molecule is CN(CC(C)(C)O)C(=O)CC1(N)CCCCC1. The summed E-state index contributed by atoms with van der Waals surface area (Å²) in [5.74, 6) is 0.0384. The maximum absolute atomic E-state index is 12.0. The van der Waals surface area contributed by atoms with Crippen LogP contribution >= 0.6 is 0 Å². The summed E-state index contributed by atoms with van der Waals surface area (Å²) in [6.45, 7) is 3.76. The number of carbonyl (C=O) groups excluding carboxylic acids is 1. The molecule has 0 spiro atoms. The number of carbonyl (C=O) groups is 1. The molecule has 0 atom stereocenters. The van der Waals surface area contributed by atoms with Gasteiger partial charge < -0.3 is 15.7 Å². The number of rotatable bonds is 4. The molecule has 100 valence electrons. The van der Waals surface area contributed by atoms with Crippen LogP contribution in [-0.4, -0.2) is 40.6 Å². The van der Waals surface area contributed by atoms with E-state index in [4.69, 9.17) is 5.73 Å². The highest BCUT2D eigenvalue weighted by atomic mass is 16.3. The summed E-state index contributed by atoms with van der Waals surface area (Å²) < 4.78 is 0. The summed E-state index contributed by atoms with van der Waals surface area (Å²) >= 11 is 0. The van der Waals surface area contributed by atoms with Crippen LogP contribution in [0.3, 0.4) is 0 Å². The van der Waals surface area contributed by atoms with Gasteiger partial charge in [0, 0.05) is 25.6 Å². The first-order valence-corrected chi connectivity index (χ1v) is 6.47. The van der Waals surface area contributed by atoms with Crippen molar-refractivity contribution in [3.8, 4) is 0 Å². The highest BCUT2D eigenvalue weighted by Crippen LogP contribution is 2.29. The van der Waals surface area contributed by atoms with Crippen molar-refractivity contribution in [3.63, 3.8) is 0 Å². The Hall–Kier alpha value is -0.610. The summed E-state index contributed by atoms with van der Waals surface area (Å²) in [7, 11) is 1.73. The second-order valence-corrected chi connectivity index (χ2v) is 6.16. The van der Waals surface area contributed by atoms with E-state index in [1.54, 1.807) is 25.8 Å². The Bertz CT molecular complexity index is 265. The van der Waals surface area contributed by atoms with Gasteiger partial charge in [0.2, 0.25) is 5.91 Å². The summed E-state index contributed by atoms with van der Waals surface area (Å²) in [6.07, 6.45) is 5.76. The Kier molecular flexibility index (Phi) is 4.55. The van der Waals surface area contributed by atoms with Gasteiger partial charge in [0.25, 0.3) is 0 Å². The predicted octanol–water partition coefficient (Wildman–Crippen LogP) is 1.27. The van der Waals surface area contributed by atoms with Crippen molar-refractivity contribution >= 4 is 5.91 Å². The van der Waals surface area contributed by atoms with E-state index >= 15 is 0 Å². The van der Waals surface area contributed by atoms with Crippen LogP contribution in [0, 0.1) is 0 Å². The Morgan fingerprint density at radius 2 is 1.88 bits per heavy atom. The molecule has 0 saturated heterocycles. The Morgan fingerprint density at radius 1 is 1.35 bits per heavy atom. The molecule has 0 aliphatic heterocycles. The molecule has 0 heterocycles. The molecule has 3 N–H and O–H groups in total. The van der Waals surface area contributed by atoms with Crippen molar-refractivity contribution in [2.45, 2.75) is 63.5 Å². The summed E-state index contributed by atoms with van der Waals surface area (Å²) in [6, 6.07) is 0. The standard InChI is InChI=1S/C13H26N2O2/c1-12(2,17)10-15(3)11(16)9-13(14)7-5-4-6-8-13/h17H,4-10,14H2,1-3H3. The van der Waals surface area contributed by atoms with E-state index in [2.05, 4.69) is 0 Å². The summed E-state index contributed by atoms with van der Waals surface area (Å²) in [4.78, 5) is 13.6. The molecule has 17 heavy (non-hydrogen) atoms. The van der Waals surface area contributed by atoms with E-state index in [0.29, 0.717) is 13.0 Å². The van der Waals surface area contributed by atoms with E-state index in [1.165, 1.54) is 6.42 Å². The number of hydrogen-bond acceptors (Lipinski definition) is 3.